The van der Waals surface area contributed by atoms with Crippen molar-refractivity contribution in [3.05, 3.63) is 78.2 Å². The molecule has 28 heavy (non-hydrogen) atoms. The lowest BCUT2D eigenvalue weighted by Crippen LogP contribution is -2.03. The van der Waals surface area contributed by atoms with Gasteiger partial charge in [-0.05, 0) is 42.5 Å². The number of ether oxygens (including phenoxy) is 3. The quantitative estimate of drug-likeness (QED) is 0.505. The molecule has 0 N–H and O–H groups in total. The normalized spacial score (nSPS) is 13.1. The molecular formula is C23H17NO4. The minimum Gasteiger partial charge on any atom is -0.497 e. The number of rotatable bonds is 3. The first-order valence-electron chi connectivity index (χ1n) is 8.92. The van der Waals surface area contributed by atoms with E-state index in [9.17, 15) is 0 Å². The molecule has 138 valence electrons. The zero-order chi connectivity index (χ0) is 18.9. The maximum absolute atomic E-state index is 6.15. The maximum atomic E-state index is 6.15. The number of para-hydroxylation sites is 1. The van der Waals surface area contributed by atoms with E-state index in [-0.39, 0.29) is 6.79 Å². The molecule has 5 heteroatoms. The Morgan fingerprint density at radius 1 is 0.857 bits per heavy atom. The lowest BCUT2D eigenvalue weighted by molar-refractivity contribution is 0.174. The van der Waals surface area contributed by atoms with Gasteiger partial charge in [-0.2, -0.15) is 0 Å². The third-order valence-corrected chi connectivity index (χ3v) is 4.61. The molecule has 1 aliphatic rings. The summed E-state index contributed by atoms with van der Waals surface area (Å²) < 4.78 is 22.4. The lowest BCUT2D eigenvalue weighted by atomic mass is 10.1. The minimum absolute atomic E-state index is 0.240. The van der Waals surface area contributed by atoms with Crippen LogP contribution in [0.15, 0.2) is 82.2 Å². The van der Waals surface area contributed by atoms with Gasteiger partial charge in [-0.3, -0.25) is 0 Å². The monoisotopic (exact) mass is 371 g/mol. The zero-order valence-electron chi connectivity index (χ0n) is 15.2. The second-order valence-electron chi connectivity index (χ2n) is 6.37. The van der Waals surface area contributed by atoms with E-state index in [4.69, 9.17) is 23.6 Å². The van der Waals surface area contributed by atoms with Crippen LogP contribution >= 0.6 is 0 Å². The molecule has 1 aromatic heterocycles. The van der Waals surface area contributed by atoms with Crippen LogP contribution in [0.2, 0.25) is 0 Å². The number of methoxy groups -OCH3 is 1. The highest BCUT2D eigenvalue weighted by molar-refractivity contribution is 5.79. The molecule has 1 aliphatic heterocycles. The first kappa shape index (κ1) is 16.4. The van der Waals surface area contributed by atoms with E-state index in [1.807, 2.05) is 72.8 Å². The van der Waals surface area contributed by atoms with E-state index in [2.05, 4.69) is 0 Å². The molecule has 5 rings (SSSR count). The van der Waals surface area contributed by atoms with Gasteiger partial charge in [0.15, 0.2) is 11.5 Å². The number of nitrogens with zero attached hydrogens (tertiary/aromatic N) is 1. The van der Waals surface area contributed by atoms with Crippen molar-refractivity contribution in [3.63, 3.8) is 0 Å². The van der Waals surface area contributed by atoms with Gasteiger partial charge in [0.25, 0.3) is 0 Å². The summed E-state index contributed by atoms with van der Waals surface area (Å²) in [5, 5.41) is 1.76. The van der Waals surface area contributed by atoms with Gasteiger partial charge in [0.05, 0.1) is 18.2 Å². The van der Waals surface area contributed by atoms with E-state index in [1.165, 1.54) is 0 Å². The Kier molecular flexibility index (Phi) is 3.98. The predicted molar refractivity (Wildman–Crippen MR) is 106 cm³/mol. The van der Waals surface area contributed by atoms with E-state index < -0.39 is 0 Å². The van der Waals surface area contributed by atoms with Gasteiger partial charge in [-0.25, -0.2) is 4.99 Å². The molecule has 5 nitrogen and oxygen atoms in total. The van der Waals surface area contributed by atoms with Gasteiger partial charge >= 0.3 is 0 Å². The average Bonchev–Trinajstić information content (AvgIpc) is 3.22. The molecule has 4 aromatic rings. The fourth-order valence-electron chi connectivity index (χ4n) is 3.22. The Bertz CT molecular complexity index is 1240. The minimum atomic E-state index is 0.240. The SMILES string of the molecule is COc1cccc(N=c2cc(-c3ccc4c(c3)OCO4)oc3ccccc23)c1. The highest BCUT2D eigenvalue weighted by atomic mass is 16.7. The Hall–Kier alpha value is -3.73. The van der Waals surface area contributed by atoms with Crippen LogP contribution in [0.5, 0.6) is 17.2 Å². The van der Waals surface area contributed by atoms with E-state index in [1.54, 1.807) is 7.11 Å². The Balaban J connectivity index is 1.71. The first-order chi connectivity index (χ1) is 13.8. The molecule has 0 unspecified atom stereocenters. The largest absolute Gasteiger partial charge is 0.497 e. The molecule has 0 saturated heterocycles. The van der Waals surface area contributed by atoms with Crippen LogP contribution in [-0.4, -0.2) is 13.9 Å². The highest BCUT2D eigenvalue weighted by Gasteiger charge is 2.15. The van der Waals surface area contributed by atoms with Crippen molar-refractivity contribution in [3.8, 4) is 28.6 Å². The van der Waals surface area contributed by atoms with Crippen LogP contribution in [0, 0.1) is 0 Å². The Morgan fingerprint density at radius 2 is 1.75 bits per heavy atom. The van der Waals surface area contributed by atoms with E-state index in [0.29, 0.717) is 11.5 Å². The molecule has 2 heterocycles. The summed E-state index contributed by atoms with van der Waals surface area (Å²) in [6.45, 7) is 0.240. The van der Waals surface area contributed by atoms with Crippen LogP contribution in [0.1, 0.15) is 0 Å². The number of benzene rings is 3. The maximum Gasteiger partial charge on any atom is 0.231 e. The second-order valence-corrected chi connectivity index (χ2v) is 6.37. The Labute approximate surface area is 161 Å². The average molecular weight is 371 g/mol. The van der Waals surface area contributed by atoms with Crippen molar-refractivity contribution in [2.24, 2.45) is 4.99 Å². The van der Waals surface area contributed by atoms with Crippen molar-refractivity contribution in [2.45, 2.75) is 0 Å². The van der Waals surface area contributed by atoms with Crippen molar-refractivity contribution in [1.29, 1.82) is 0 Å². The molecule has 3 aromatic carbocycles. The van der Waals surface area contributed by atoms with Gasteiger partial charge in [0.1, 0.15) is 17.1 Å². The molecule has 0 bridgehead atoms. The molecule has 0 spiro atoms. The van der Waals surface area contributed by atoms with Crippen molar-refractivity contribution < 1.29 is 18.6 Å². The fraction of sp³-hybridized carbons (Fsp3) is 0.0870. The van der Waals surface area contributed by atoms with Crippen LogP contribution in [0.4, 0.5) is 5.69 Å². The highest BCUT2D eigenvalue weighted by Crippen LogP contribution is 2.36. The molecule has 0 radical (unpaired) electrons. The second kappa shape index (κ2) is 6.78. The van der Waals surface area contributed by atoms with E-state index >= 15 is 0 Å². The third kappa shape index (κ3) is 2.97. The topological polar surface area (TPSA) is 53.2 Å². The summed E-state index contributed by atoms with van der Waals surface area (Å²) in [5.74, 6) is 2.93. The predicted octanol–water partition coefficient (Wildman–Crippen LogP) is 5.07. The molecule has 0 aliphatic carbocycles. The number of hydrogen-bond acceptors (Lipinski definition) is 5. The fourth-order valence-corrected chi connectivity index (χ4v) is 3.22. The van der Waals surface area contributed by atoms with Crippen LogP contribution in [-0.2, 0) is 0 Å². The molecule has 0 saturated carbocycles. The molecule has 0 amide bonds. The van der Waals surface area contributed by atoms with E-state index in [0.717, 1.165) is 39.1 Å². The summed E-state index contributed by atoms with van der Waals surface area (Å²) >= 11 is 0. The zero-order valence-corrected chi connectivity index (χ0v) is 15.2. The van der Waals surface area contributed by atoms with Crippen LogP contribution < -0.4 is 19.6 Å². The number of fused-ring (bicyclic) bond motifs is 2. The smallest absolute Gasteiger partial charge is 0.231 e. The van der Waals surface area contributed by atoms with Crippen molar-refractivity contribution in [2.75, 3.05) is 13.9 Å². The molecule has 0 fully saturated rings. The van der Waals surface area contributed by atoms with Crippen LogP contribution in [0.3, 0.4) is 0 Å². The molecule has 0 atom stereocenters. The first-order valence-corrected chi connectivity index (χ1v) is 8.92. The van der Waals surface area contributed by atoms with Crippen LogP contribution in [0.25, 0.3) is 22.3 Å². The summed E-state index contributed by atoms with van der Waals surface area (Å²) in [5.41, 5.74) is 2.48. The summed E-state index contributed by atoms with van der Waals surface area (Å²) in [4.78, 5) is 4.84. The van der Waals surface area contributed by atoms with Gasteiger partial charge in [-0.15, -0.1) is 0 Å². The third-order valence-electron chi connectivity index (χ3n) is 4.61. The van der Waals surface area contributed by atoms with Crippen molar-refractivity contribution in [1.82, 2.24) is 0 Å². The molecular weight excluding hydrogens is 354 g/mol. The standard InChI is InChI=1S/C23H17NO4/c1-25-17-6-4-5-16(12-17)24-19-13-22(28-20-8-3-2-7-18(19)20)15-9-10-21-23(11-15)27-14-26-21/h2-13H,14H2,1H3. The summed E-state index contributed by atoms with van der Waals surface area (Å²) in [6, 6.07) is 23.2. The van der Waals surface area contributed by atoms with Gasteiger partial charge in [0, 0.05) is 23.1 Å². The summed E-state index contributed by atoms with van der Waals surface area (Å²) in [6.07, 6.45) is 0. The number of hydrogen-bond donors (Lipinski definition) is 0. The van der Waals surface area contributed by atoms with Gasteiger partial charge < -0.3 is 18.6 Å². The van der Waals surface area contributed by atoms with Crippen molar-refractivity contribution >= 4 is 16.7 Å². The van der Waals surface area contributed by atoms with Gasteiger partial charge in [-0.1, -0.05) is 18.2 Å². The summed E-state index contributed by atoms with van der Waals surface area (Å²) in [7, 11) is 1.65. The lowest BCUT2D eigenvalue weighted by Gasteiger charge is -2.06. The van der Waals surface area contributed by atoms with Gasteiger partial charge in [0.2, 0.25) is 6.79 Å². The Morgan fingerprint density at radius 3 is 2.68 bits per heavy atom.